The summed E-state index contributed by atoms with van der Waals surface area (Å²) in [6.07, 6.45) is 2.53. The quantitative estimate of drug-likeness (QED) is 0.858. The van der Waals surface area contributed by atoms with Crippen LogP contribution >= 0.6 is 15.9 Å². The van der Waals surface area contributed by atoms with Gasteiger partial charge in [-0.1, -0.05) is 0 Å². The van der Waals surface area contributed by atoms with Gasteiger partial charge < -0.3 is 15.2 Å². The Balaban J connectivity index is 2.10. The highest BCUT2D eigenvalue weighted by Gasteiger charge is 2.19. The Kier molecular flexibility index (Phi) is 2.83. The molecule has 2 rings (SSSR count). The zero-order valence-corrected chi connectivity index (χ0v) is 9.03. The first-order chi connectivity index (χ1) is 6.75. The predicted octanol–water partition coefficient (Wildman–Crippen LogP) is 0.989. The van der Waals surface area contributed by atoms with Crippen molar-refractivity contribution in [2.45, 2.75) is 12.5 Å². The maximum absolute atomic E-state index is 5.58. The molecular weight excluding hydrogens is 250 g/mol. The number of nitrogens with two attached hydrogens (primary N) is 1. The minimum atomic E-state index is 0.0700. The standard InChI is InChI=1S/C8H10BrN3O2/c9-6-3-11-8(10)12-7(6)14-5-1-2-13-4-5/h3,5H,1-2,4H2,(H2,10,11,12)/t5-/m0/s1. The van der Waals surface area contributed by atoms with Crippen molar-refractivity contribution >= 4 is 21.9 Å². The third kappa shape index (κ3) is 2.13. The summed E-state index contributed by atoms with van der Waals surface area (Å²) in [6.45, 7) is 1.35. The van der Waals surface area contributed by atoms with Crippen LogP contribution in [0.2, 0.25) is 0 Å². The van der Waals surface area contributed by atoms with Crippen molar-refractivity contribution in [2.24, 2.45) is 0 Å². The van der Waals surface area contributed by atoms with Gasteiger partial charge in [-0.05, 0) is 15.9 Å². The third-order valence-corrected chi connectivity index (χ3v) is 2.44. The van der Waals surface area contributed by atoms with Crippen LogP contribution in [0.5, 0.6) is 5.88 Å². The van der Waals surface area contributed by atoms with Gasteiger partial charge in [-0.3, -0.25) is 0 Å². The van der Waals surface area contributed by atoms with Crippen LogP contribution in [0.4, 0.5) is 5.95 Å². The highest BCUT2D eigenvalue weighted by atomic mass is 79.9. The van der Waals surface area contributed by atoms with Crippen LogP contribution in [0.1, 0.15) is 6.42 Å². The highest BCUT2D eigenvalue weighted by Crippen LogP contribution is 2.24. The molecule has 0 unspecified atom stereocenters. The first-order valence-corrected chi connectivity index (χ1v) is 5.07. The SMILES string of the molecule is Nc1ncc(Br)c(O[C@H]2CCOC2)n1. The first kappa shape index (κ1) is 9.67. The number of ether oxygens (including phenoxy) is 2. The molecule has 0 aromatic carbocycles. The van der Waals surface area contributed by atoms with Crippen molar-refractivity contribution in [3.8, 4) is 5.88 Å². The minimum Gasteiger partial charge on any atom is -0.471 e. The molecule has 6 heteroatoms. The lowest BCUT2D eigenvalue weighted by molar-refractivity contribution is 0.137. The van der Waals surface area contributed by atoms with Crippen molar-refractivity contribution in [1.82, 2.24) is 9.97 Å². The van der Waals surface area contributed by atoms with Crippen molar-refractivity contribution in [3.05, 3.63) is 10.7 Å². The molecule has 2 heterocycles. The highest BCUT2D eigenvalue weighted by molar-refractivity contribution is 9.10. The molecule has 1 aromatic rings. The van der Waals surface area contributed by atoms with Gasteiger partial charge in [0.1, 0.15) is 6.10 Å². The van der Waals surface area contributed by atoms with Gasteiger partial charge in [-0.2, -0.15) is 4.98 Å². The Bertz CT molecular complexity index is 328. The van der Waals surface area contributed by atoms with Crippen LogP contribution in [-0.4, -0.2) is 29.3 Å². The van der Waals surface area contributed by atoms with Gasteiger partial charge in [0.2, 0.25) is 11.8 Å². The van der Waals surface area contributed by atoms with E-state index in [9.17, 15) is 0 Å². The molecule has 0 spiro atoms. The zero-order valence-electron chi connectivity index (χ0n) is 7.44. The molecule has 1 aliphatic rings. The Morgan fingerprint density at radius 2 is 2.50 bits per heavy atom. The number of nitrogens with zero attached hydrogens (tertiary/aromatic N) is 2. The molecule has 0 saturated carbocycles. The van der Waals surface area contributed by atoms with E-state index in [0.29, 0.717) is 17.0 Å². The lowest BCUT2D eigenvalue weighted by Crippen LogP contribution is -2.17. The topological polar surface area (TPSA) is 70.3 Å². The number of hydrogen-bond donors (Lipinski definition) is 1. The second kappa shape index (κ2) is 4.10. The lowest BCUT2D eigenvalue weighted by atomic mass is 10.3. The van der Waals surface area contributed by atoms with Crippen LogP contribution in [0.25, 0.3) is 0 Å². The van der Waals surface area contributed by atoms with Crippen LogP contribution in [0.3, 0.4) is 0 Å². The first-order valence-electron chi connectivity index (χ1n) is 4.28. The van der Waals surface area contributed by atoms with E-state index < -0.39 is 0 Å². The molecule has 76 valence electrons. The molecule has 2 N–H and O–H groups in total. The Morgan fingerprint density at radius 1 is 1.64 bits per heavy atom. The normalized spacial score (nSPS) is 21.1. The van der Waals surface area contributed by atoms with E-state index >= 15 is 0 Å². The summed E-state index contributed by atoms with van der Waals surface area (Å²) in [7, 11) is 0. The summed E-state index contributed by atoms with van der Waals surface area (Å²) in [5.74, 6) is 0.690. The predicted molar refractivity (Wildman–Crippen MR) is 54.0 cm³/mol. The van der Waals surface area contributed by atoms with Gasteiger partial charge in [-0.25, -0.2) is 4.98 Å². The van der Waals surface area contributed by atoms with Crippen LogP contribution < -0.4 is 10.5 Å². The molecular formula is C8H10BrN3O2. The Hall–Kier alpha value is -0.880. The summed E-state index contributed by atoms with van der Waals surface area (Å²) in [4.78, 5) is 7.80. The molecule has 1 fully saturated rings. The van der Waals surface area contributed by atoms with Crippen LogP contribution in [0.15, 0.2) is 10.7 Å². The second-order valence-corrected chi connectivity index (χ2v) is 3.84. The summed E-state index contributed by atoms with van der Waals surface area (Å²) in [5.41, 5.74) is 5.45. The van der Waals surface area contributed by atoms with E-state index in [2.05, 4.69) is 25.9 Å². The summed E-state index contributed by atoms with van der Waals surface area (Å²) < 4.78 is 11.5. The lowest BCUT2D eigenvalue weighted by Gasteiger charge is -2.11. The molecule has 1 saturated heterocycles. The average molecular weight is 260 g/mol. The largest absolute Gasteiger partial charge is 0.471 e. The van der Waals surface area contributed by atoms with E-state index in [1.165, 1.54) is 0 Å². The minimum absolute atomic E-state index is 0.0700. The maximum Gasteiger partial charge on any atom is 0.233 e. The van der Waals surface area contributed by atoms with Crippen LogP contribution in [-0.2, 0) is 4.74 Å². The Morgan fingerprint density at radius 3 is 3.21 bits per heavy atom. The van der Waals surface area contributed by atoms with E-state index in [-0.39, 0.29) is 12.1 Å². The number of rotatable bonds is 2. The van der Waals surface area contributed by atoms with Crippen molar-refractivity contribution in [1.29, 1.82) is 0 Å². The van der Waals surface area contributed by atoms with Gasteiger partial charge in [0.15, 0.2) is 0 Å². The van der Waals surface area contributed by atoms with Crippen LogP contribution in [0, 0.1) is 0 Å². The second-order valence-electron chi connectivity index (χ2n) is 2.98. The van der Waals surface area contributed by atoms with Gasteiger partial charge in [-0.15, -0.1) is 0 Å². The summed E-state index contributed by atoms with van der Waals surface area (Å²) >= 11 is 3.29. The van der Waals surface area contributed by atoms with Crippen molar-refractivity contribution < 1.29 is 9.47 Å². The molecule has 1 atom stereocenters. The summed E-state index contributed by atoms with van der Waals surface area (Å²) in [5, 5.41) is 0. The van der Waals surface area contributed by atoms with Gasteiger partial charge in [0, 0.05) is 6.42 Å². The smallest absolute Gasteiger partial charge is 0.233 e. The molecule has 0 aliphatic carbocycles. The zero-order chi connectivity index (χ0) is 9.97. The number of nitrogen functional groups attached to an aromatic ring is 1. The van der Waals surface area contributed by atoms with Crippen molar-refractivity contribution in [2.75, 3.05) is 18.9 Å². The molecule has 0 bridgehead atoms. The number of aromatic nitrogens is 2. The Labute approximate surface area is 89.8 Å². The number of halogens is 1. The van der Waals surface area contributed by atoms with E-state index in [0.717, 1.165) is 13.0 Å². The van der Waals surface area contributed by atoms with Gasteiger partial charge in [0.25, 0.3) is 0 Å². The van der Waals surface area contributed by atoms with Gasteiger partial charge in [0.05, 0.1) is 23.9 Å². The summed E-state index contributed by atoms with van der Waals surface area (Å²) in [6, 6.07) is 0. The fourth-order valence-corrected chi connectivity index (χ4v) is 1.50. The fraction of sp³-hybridized carbons (Fsp3) is 0.500. The molecule has 1 aromatic heterocycles. The maximum atomic E-state index is 5.58. The fourth-order valence-electron chi connectivity index (χ4n) is 1.21. The van der Waals surface area contributed by atoms with Gasteiger partial charge >= 0.3 is 0 Å². The van der Waals surface area contributed by atoms with E-state index in [1.54, 1.807) is 6.20 Å². The number of anilines is 1. The number of hydrogen-bond acceptors (Lipinski definition) is 5. The van der Waals surface area contributed by atoms with Crippen molar-refractivity contribution in [3.63, 3.8) is 0 Å². The average Bonchev–Trinajstić information content (AvgIpc) is 2.64. The monoisotopic (exact) mass is 259 g/mol. The molecule has 14 heavy (non-hydrogen) atoms. The molecule has 1 aliphatic heterocycles. The molecule has 0 amide bonds. The third-order valence-electron chi connectivity index (χ3n) is 1.90. The molecule has 5 nitrogen and oxygen atoms in total. The molecule has 0 radical (unpaired) electrons. The van der Waals surface area contributed by atoms with E-state index in [1.807, 2.05) is 0 Å². The van der Waals surface area contributed by atoms with E-state index in [4.69, 9.17) is 15.2 Å².